The Labute approximate surface area is 146 Å². The molecule has 6 heteroatoms. The van der Waals surface area contributed by atoms with E-state index in [1.807, 2.05) is 31.2 Å². The van der Waals surface area contributed by atoms with Gasteiger partial charge in [-0.2, -0.15) is 0 Å². The van der Waals surface area contributed by atoms with Crippen LogP contribution in [-0.2, 0) is 4.79 Å². The fraction of sp³-hybridized carbons (Fsp3) is 0.500. The average molecular weight is 345 g/mol. The standard InChI is InChI=1S/C18H23N3O2S/c1-12-7-9-14(10-8-12)17-20-21-18(23-17)24-11-16(22)19-15-6-4-3-5-13(15)2/h7-10,13,15H,3-6,11H2,1-2H3,(H,19,22)/t13-,15-/m0/s1. The van der Waals surface area contributed by atoms with Gasteiger partial charge in [0, 0.05) is 11.6 Å². The lowest BCUT2D eigenvalue weighted by Gasteiger charge is -2.29. The van der Waals surface area contributed by atoms with Gasteiger partial charge in [0.25, 0.3) is 5.22 Å². The Bertz CT molecular complexity index is 684. The Kier molecular flexibility index (Phi) is 5.56. The van der Waals surface area contributed by atoms with Crippen molar-refractivity contribution in [2.75, 3.05) is 5.75 Å². The van der Waals surface area contributed by atoms with Gasteiger partial charge in [0.15, 0.2) is 0 Å². The normalized spacial score (nSPS) is 20.8. The van der Waals surface area contributed by atoms with Crippen molar-refractivity contribution in [3.63, 3.8) is 0 Å². The topological polar surface area (TPSA) is 68.0 Å². The number of nitrogens with one attached hydrogen (secondary N) is 1. The highest BCUT2D eigenvalue weighted by atomic mass is 32.2. The summed E-state index contributed by atoms with van der Waals surface area (Å²) in [6.07, 6.45) is 4.75. The number of carbonyl (C=O) groups is 1. The Morgan fingerprint density at radius 1 is 1.25 bits per heavy atom. The number of carbonyl (C=O) groups excluding carboxylic acids is 1. The minimum Gasteiger partial charge on any atom is -0.411 e. The van der Waals surface area contributed by atoms with E-state index >= 15 is 0 Å². The summed E-state index contributed by atoms with van der Waals surface area (Å²) < 4.78 is 5.63. The number of benzene rings is 1. The number of amides is 1. The molecule has 1 aliphatic rings. The molecule has 1 aromatic heterocycles. The minimum absolute atomic E-state index is 0.0360. The van der Waals surface area contributed by atoms with Crippen LogP contribution in [0.4, 0.5) is 0 Å². The SMILES string of the molecule is Cc1ccc(-c2nnc(SCC(=O)N[C@H]3CCCC[C@@H]3C)o2)cc1. The number of hydrogen-bond donors (Lipinski definition) is 1. The van der Waals surface area contributed by atoms with Crippen LogP contribution in [0.5, 0.6) is 0 Å². The fourth-order valence-electron chi connectivity index (χ4n) is 2.99. The minimum atomic E-state index is 0.0360. The number of aryl methyl sites for hydroxylation is 1. The molecule has 2 aromatic rings. The molecule has 3 rings (SSSR count). The van der Waals surface area contributed by atoms with Crippen LogP contribution in [0, 0.1) is 12.8 Å². The average Bonchev–Trinajstić information content (AvgIpc) is 3.05. The lowest BCUT2D eigenvalue weighted by molar-refractivity contribution is -0.119. The first kappa shape index (κ1) is 17.0. The van der Waals surface area contributed by atoms with Crippen LogP contribution in [-0.4, -0.2) is 27.9 Å². The van der Waals surface area contributed by atoms with Gasteiger partial charge < -0.3 is 9.73 Å². The van der Waals surface area contributed by atoms with Gasteiger partial charge in [-0.05, 0) is 37.8 Å². The molecule has 0 saturated heterocycles. The number of rotatable bonds is 5. The van der Waals surface area contributed by atoms with Crippen LogP contribution in [0.1, 0.15) is 38.2 Å². The summed E-state index contributed by atoms with van der Waals surface area (Å²) in [7, 11) is 0. The first-order valence-corrected chi connectivity index (χ1v) is 9.43. The number of aromatic nitrogens is 2. The van der Waals surface area contributed by atoms with Crippen LogP contribution in [0.3, 0.4) is 0 Å². The molecule has 1 N–H and O–H groups in total. The van der Waals surface area contributed by atoms with E-state index in [0.29, 0.717) is 28.8 Å². The van der Waals surface area contributed by atoms with Gasteiger partial charge in [0.1, 0.15) is 0 Å². The molecule has 1 heterocycles. The number of nitrogens with zero attached hydrogens (tertiary/aromatic N) is 2. The third kappa shape index (κ3) is 4.38. The molecule has 0 aliphatic heterocycles. The largest absolute Gasteiger partial charge is 0.411 e. The summed E-state index contributed by atoms with van der Waals surface area (Å²) >= 11 is 1.28. The second-order valence-corrected chi connectivity index (χ2v) is 7.39. The maximum Gasteiger partial charge on any atom is 0.277 e. The highest BCUT2D eigenvalue weighted by molar-refractivity contribution is 7.99. The summed E-state index contributed by atoms with van der Waals surface area (Å²) in [5, 5.41) is 11.6. The molecule has 1 saturated carbocycles. The van der Waals surface area contributed by atoms with E-state index in [2.05, 4.69) is 22.4 Å². The van der Waals surface area contributed by atoms with E-state index in [0.717, 1.165) is 12.0 Å². The zero-order chi connectivity index (χ0) is 16.9. The van der Waals surface area contributed by atoms with Gasteiger partial charge in [-0.1, -0.05) is 49.2 Å². The van der Waals surface area contributed by atoms with Crippen LogP contribution >= 0.6 is 11.8 Å². The van der Waals surface area contributed by atoms with E-state index in [-0.39, 0.29) is 5.91 Å². The lowest BCUT2D eigenvalue weighted by atomic mass is 9.86. The second kappa shape index (κ2) is 7.83. The first-order valence-electron chi connectivity index (χ1n) is 8.44. The van der Waals surface area contributed by atoms with Gasteiger partial charge in [-0.15, -0.1) is 10.2 Å². The van der Waals surface area contributed by atoms with E-state index in [1.165, 1.54) is 36.6 Å². The highest BCUT2D eigenvalue weighted by Crippen LogP contribution is 2.25. The van der Waals surface area contributed by atoms with Gasteiger partial charge in [0.2, 0.25) is 11.8 Å². The van der Waals surface area contributed by atoms with E-state index in [1.54, 1.807) is 0 Å². The van der Waals surface area contributed by atoms with Crippen molar-refractivity contribution in [3.8, 4) is 11.5 Å². The molecular weight excluding hydrogens is 322 g/mol. The van der Waals surface area contributed by atoms with Crippen molar-refractivity contribution in [2.45, 2.75) is 50.8 Å². The molecule has 128 valence electrons. The molecule has 0 spiro atoms. The predicted octanol–water partition coefficient (Wildman–Crippen LogP) is 3.83. The number of thioether (sulfide) groups is 1. The first-order chi connectivity index (χ1) is 11.6. The van der Waals surface area contributed by atoms with Crippen LogP contribution in [0.2, 0.25) is 0 Å². The van der Waals surface area contributed by atoms with Crippen LogP contribution < -0.4 is 5.32 Å². The summed E-state index contributed by atoms with van der Waals surface area (Å²) in [5.74, 6) is 1.38. The Morgan fingerprint density at radius 3 is 2.75 bits per heavy atom. The lowest BCUT2D eigenvalue weighted by Crippen LogP contribution is -2.41. The van der Waals surface area contributed by atoms with Gasteiger partial charge >= 0.3 is 0 Å². The fourth-order valence-corrected chi connectivity index (χ4v) is 3.56. The maximum absolute atomic E-state index is 12.1. The van der Waals surface area contributed by atoms with Crippen molar-refractivity contribution in [1.82, 2.24) is 15.5 Å². The van der Waals surface area contributed by atoms with Gasteiger partial charge in [-0.3, -0.25) is 4.79 Å². The quantitative estimate of drug-likeness (QED) is 0.834. The summed E-state index contributed by atoms with van der Waals surface area (Å²) in [4.78, 5) is 12.1. The summed E-state index contributed by atoms with van der Waals surface area (Å²) in [5.41, 5.74) is 2.07. The third-order valence-corrected chi connectivity index (χ3v) is 5.31. The molecule has 0 unspecified atom stereocenters. The van der Waals surface area contributed by atoms with Crippen LogP contribution in [0.25, 0.3) is 11.5 Å². The summed E-state index contributed by atoms with van der Waals surface area (Å²) in [6.45, 7) is 4.24. The molecule has 1 aliphatic carbocycles. The van der Waals surface area contributed by atoms with Crippen LogP contribution in [0.15, 0.2) is 33.9 Å². The molecule has 0 bridgehead atoms. The van der Waals surface area contributed by atoms with Crippen molar-refractivity contribution < 1.29 is 9.21 Å². The van der Waals surface area contributed by atoms with Crippen molar-refractivity contribution in [3.05, 3.63) is 29.8 Å². The van der Waals surface area contributed by atoms with Gasteiger partial charge in [0.05, 0.1) is 5.75 Å². The Balaban J connectivity index is 1.51. The van der Waals surface area contributed by atoms with Crippen molar-refractivity contribution in [2.24, 2.45) is 5.92 Å². The molecule has 1 aromatic carbocycles. The predicted molar refractivity (Wildman–Crippen MR) is 94.8 cm³/mol. The molecular formula is C18H23N3O2S. The second-order valence-electron chi connectivity index (χ2n) is 6.46. The zero-order valence-corrected chi connectivity index (χ0v) is 14.9. The van der Waals surface area contributed by atoms with Crippen molar-refractivity contribution in [1.29, 1.82) is 0 Å². The Hall–Kier alpha value is -1.82. The third-order valence-electron chi connectivity index (χ3n) is 4.49. The van der Waals surface area contributed by atoms with E-state index in [9.17, 15) is 4.79 Å². The smallest absolute Gasteiger partial charge is 0.277 e. The molecule has 5 nitrogen and oxygen atoms in total. The van der Waals surface area contributed by atoms with Crippen molar-refractivity contribution >= 4 is 17.7 Å². The molecule has 1 fully saturated rings. The molecule has 0 radical (unpaired) electrons. The summed E-state index contributed by atoms with van der Waals surface area (Å²) in [6, 6.07) is 8.22. The van der Waals surface area contributed by atoms with E-state index < -0.39 is 0 Å². The molecule has 1 amide bonds. The Morgan fingerprint density at radius 2 is 2.00 bits per heavy atom. The highest BCUT2D eigenvalue weighted by Gasteiger charge is 2.23. The maximum atomic E-state index is 12.1. The monoisotopic (exact) mass is 345 g/mol. The van der Waals surface area contributed by atoms with E-state index in [4.69, 9.17) is 4.42 Å². The molecule has 2 atom stereocenters. The molecule has 24 heavy (non-hydrogen) atoms. The van der Waals surface area contributed by atoms with Gasteiger partial charge in [-0.25, -0.2) is 0 Å². The number of hydrogen-bond acceptors (Lipinski definition) is 5. The zero-order valence-electron chi connectivity index (χ0n) is 14.1.